The van der Waals surface area contributed by atoms with Crippen LogP contribution in [-0.4, -0.2) is 44.9 Å². The molecular weight excluding hydrogens is 369 g/mol. The van der Waals surface area contributed by atoms with E-state index in [0.29, 0.717) is 28.8 Å². The molecule has 2 aromatic rings. The minimum atomic E-state index is -0.0655. The minimum Gasteiger partial charge on any atom is -0.337 e. The van der Waals surface area contributed by atoms with Crippen molar-refractivity contribution in [1.82, 2.24) is 19.9 Å². The molecule has 0 aromatic carbocycles. The predicted molar refractivity (Wildman–Crippen MR) is 99.9 cm³/mol. The van der Waals surface area contributed by atoms with Crippen LogP contribution in [0.25, 0.3) is 10.8 Å². The van der Waals surface area contributed by atoms with E-state index in [4.69, 9.17) is 5.73 Å². The first-order valence-electron chi connectivity index (χ1n) is 7.25. The quantitative estimate of drug-likeness (QED) is 0.852. The van der Waals surface area contributed by atoms with Crippen LogP contribution in [0.5, 0.6) is 0 Å². The summed E-state index contributed by atoms with van der Waals surface area (Å²) in [5.74, 6) is 0.562. The Labute approximate surface area is 157 Å². The molecule has 1 saturated heterocycles. The summed E-state index contributed by atoms with van der Waals surface area (Å²) in [5, 5.41) is 0.664. The molecule has 1 atom stereocenters. The van der Waals surface area contributed by atoms with Crippen LogP contribution in [0, 0.1) is 5.41 Å². The third-order valence-corrected chi connectivity index (χ3v) is 5.05. The van der Waals surface area contributed by atoms with Crippen LogP contribution in [0.2, 0.25) is 0 Å². The van der Waals surface area contributed by atoms with E-state index in [1.54, 1.807) is 24.7 Å². The van der Waals surface area contributed by atoms with Crippen LogP contribution >= 0.6 is 36.2 Å². The van der Waals surface area contributed by atoms with E-state index in [9.17, 15) is 4.79 Å². The molecule has 1 unspecified atom stereocenters. The molecule has 3 heterocycles. The normalized spacial score (nSPS) is 19.1. The lowest BCUT2D eigenvalue weighted by molar-refractivity contribution is 0.0537. The van der Waals surface area contributed by atoms with Gasteiger partial charge in [-0.05, 0) is 17.9 Å². The Hall–Kier alpha value is -1.28. The van der Waals surface area contributed by atoms with Gasteiger partial charge in [0, 0.05) is 31.5 Å². The van der Waals surface area contributed by atoms with Crippen LogP contribution in [0.15, 0.2) is 24.7 Å². The number of hydrogen-bond acceptors (Lipinski definition) is 6. The molecule has 0 spiro atoms. The van der Waals surface area contributed by atoms with E-state index in [1.807, 2.05) is 4.90 Å². The van der Waals surface area contributed by atoms with Gasteiger partial charge in [0.2, 0.25) is 0 Å². The molecule has 6 nitrogen and oxygen atoms in total. The molecule has 132 valence electrons. The van der Waals surface area contributed by atoms with Gasteiger partial charge in [-0.3, -0.25) is 4.79 Å². The van der Waals surface area contributed by atoms with Gasteiger partial charge < -0.3 is 10.6 Å². The van der Waals surface area contributed by atoms with E-state index in [1.165, 1.54) is 11.3 Å². The summed E-state index contributed by atoms with van der Waals surface area (Å²) in [4.78, 5) is 27.7. The lowest BCUT2D eigenvalue weighted by Crippen LogP contribution is -2.53. The predicted octanol–water partition coefficient (Wildman–Crippen LogP) is 2.64. The summed E-state index contributed by atoms with van der Waals surface area (Å²) in [6, 6.07) is 1.88. The topological polar surface area (TPSA) is 85.0 Å². The van der Waals surface area contributed by atoms with Gasteiger partial charge in [-0.1, -0.05) is 13.8 Å². The molecule has 24 heavy (non-hydrogen) atoms. The van der Waals surface area contributed by atoms with E-state index in [0.717, 1.165) is 6.42 Å². The Kier molecular flexibility index (Phi) is 7.10. The third kappa shape index (κ3) is 4.22. The van der Waals surface area contributed by atoms with Gasteiger partial charge in [0.15, 0.2) is 10.8 Å². The van der Waals surface area contributed by atoms with Crippen molar-refractivity contribution in [2.24, 2.45) is 11.1 Å². The summed E-state index contributed by atoms with van der Waals surface area (Å²) >= 11 is 1.33. The van der Waals surface area contributed by atoms with Gasteiger partial charge in [-0.15, -0.1) is 36.2 Å². The SMILES string of the molecule is CC1(C)CN(C(=O)c2cnc(-c3ncccn3)s2)CCC1N.Cl.Cl. The lowest BCUT2D eigenvalue weighted by Gasteiger charge is -2.42. The molecule has 2 aromatic heterocycles. The van der Waals surface area contributed by atoms with Gasteiger partial charge in [-0.25, -0.2) is 15.0 Å². The molecule has 3 rings (SSSR count). The molecule has 0 aliphatic carbocycles. The molecule has 2 N–H and O–H groups in total. The largest absolute Gasteiger partial charge is 0.337 e. The Morgan fingerprint density at radius 1 is 1.29 bits per heavy atom. The first kappa shape index (κ1) is 20.8. The molecular formula is C15H21Cl2N5OS. The van der Waals surface area contributed by atoms with Crippen LogP contribution in [-0.2, 0) is 0 Å². The first-order valence-corrected chi connectivity index (χ1v) is 8.07. The van der Waals surface area contributed by atoms with Crippen LogP contribution < -0.4 is 5.73 Å². The second kappa shape index (κ2) is 8.20. The fourth-order valence-electron chi connectivity index (χ4n) is 2.59. The van der Waals surface area contributed by atoms with Gasteiger partial charge >= 0.3 is 0 Å². The number of amides is 1. The number of carbonyl (C=O) groups is 1. The lowest BCUT2D eigenvalue weighted by atomic mass is 9.79. The van der Waals surface area contributed by atoms with Crippen molar-refractivity contribution in [3.8, 4) is 10.8 Å². The highest BCUT2D eigenvalue weighted by Gasteiger charge is 2.36. The molecule has 1 fully saturated rings. The summed E-state index contributed by atoms with van der Waals surface area (Å²) in [7, 11) is 0. The van der Waals surface area contributed by atoms with E-state index < -0.39 is 0 Å². The minimum absolute atomic E-state index is 0. The fraction of sp³-hybridized carbons (Fsp3) is 0.467. The highest BCUT2D eigenvalue weighted by atomic mass is 35.5. The average Bonchev–Trinajstić information content (AvgIpc) is 3.00. The van der Waals surface area contributed by atoms with Crippen molar-refractivity contribution < 1.29 is 4.79 Å². The number of likely N-dealkylation sites (tertiary alicyclic amines) is 1. The number of thiazole rings is 1. The highest BCUT2D eigenvalue weighted by Crippen LogP contribution is 2.30. The number of nitrogens with two attached hydrogens (primary N) is 1. The zero-order chi connectivity index (χ0) is 15.7. The zero-order valence-electron chi connectivity index (χ0n) is 13.5. The smallest absolute Gasteiger partial charge is 0.265 e. The number of nitrogens with zero attached hydrogens (tertiary/aromatic N) is 4. The molecule has 0 radical (unpaired) electrons. The van der Waals surface area contributed by atoms with Crippen LogP contribution in [0.1, 0.15) is 29.9 Å². The maximum absolute atomic E-state index is 12.7. The number of piperidine rings is 1. The molecule has 1 amide bonds. The van der Waals surface area contributed by atoms with Crippen LogP contribution in [0.4, 0.5) is 0 Å². The van der Waals surface area contributed by atoms with Crippen molar-refractivity contribution in [2.75, 3.05) is 13.1 Å². The van der Waals surface area contributed by atoms with Crippen molar-refractivity contribution in [3.05, 3.63) is 29.5 Å². The van der Waals surface area contributed by atoms with E-state index in [-0.39, 0.29) is 42.2 Å². The first-order chi connectivity index (χ1) is 10.5. The molecule has 0 bridgehead atoms. The van der Waals surface area contributed by atoms with Gasteiger partial charge in [0.1, 0.15) is 4.88 Å². The van der Waals surface area contributed by atoms with Crippen molar-refractivity contribution in [3.63, 3.8) is 0 Å². The molecule has 1 aliphatic rings. The molecule has 9 heteroatoms. The van der Waals surface area contributed by atoms with Crippen molar-refractivity contribution in [2.45, 2.75) is 26.3 Å². The van der Waals surface area contributed by atoms with Gasteiger partial charge in [0.25, 0.3) is 5.91 Å². The Morgan fingerprint density at radius 3 is 2.58 bits per heavy atom. The number of hydrogen-bond donors (Lipinski definition) is 1. The van der Waals surface area contributed by atoms with Crippen molar-refractivity contribution in [1.29, 1.82) is 0 Å². The summed E-state index contributed by atoms with van der Waals surface area (Å²) in [5.41, 5.74) is 6.06. The fourth-order valence-corrected chi connectivity index (χ4v) is 3.42. The van der Waals surface area contributed by atoms with Gasteiger partial charge in [-0.2, -0.15) is 0 Å². The summed E-state index contributed by atoms with van der Waals surface area (Å²) < 4.78 is 0. The van der Waals surface area contributed by atoms with E-state index >= 15 is 0 Å². The Morgan fingerprint density at radius 2 is 1.96 bits per heavy atom. The highest BCUT2D eigenvalue weighted by molar-refractivity contribution is 7.16. The Balaban J connectivity index is 0.00000144. The van der Waals surface area contributed by atoms with Gasteiger partial charge in [0.05, 0.1) is 6.20 Å². The van der Waals surface area contributed by atoms with Crippen LogP contribution in [0.3, 0.4) is 0 Å². The number of carbonyl (C=O) groups excluding carboxylic acids is 1. The summed E-state index contributed by atoms with van der Waals surface area (Å²) in [6.07, 6.45) is 5.77. The third-order valence-electron chi connectivity index (χ3n) is 4.07. The van der Waals surface area contributed by atoms with Crippen molar-refractivity contribution >= 4 is 42.1 Å². The zero-order valence-corrected chi connectivity index (χ0v) is 16.0. The average molecular weight is 390 g/mol. The monoisotopic (exact) mass is 389 g/mol. The second-order valence-corrected chi connectivity index (χ2v) is 7.24. The molecule has 0 saturated carbocycles. The standard InChI is InChI=1S/C15H19N5OS.2ClH/c1-15(2)9-20(7-4-11(15)16)14(21)10-8-19-13(22-10)12-17-5-3-6-18-12;;/h3,5-6,8,11H,4,7,9,16H2,1-2H3;2*1H. The second-order valence-electron chi connectivity index (χ2n) is 6.21. The number of rotatable bonds is 2. The number of halogens is 2. The maximum Gasteiger partial charge on any atom is 0.265 e. The van der Waals surface area contributed by atoms with E-state index in [2.05, 4.69) is 28.8 Å². The summed E-state index contributed by atoms with van der Waals surface area (Å²) in [6.45, 7) is 5.57. The molecule has 1 aliphatic heterocycles. The number of aromatic nitrogens is 3. The maximum atomic E-state index is 12.7. The Bertz CT molecular complexity index is 680.